The fourth-order valence-electron chi connectivity index (χ4n) is 2.10. The van der Waals surface area contributed by atoms with E-state index >= 15 is 0 Å². The lowest BCUT2D eigenvalue weighted by atomic mass is 10.2. The van der Waals surface area contributed by atoms with E-state index in [1.807, 2.05) is 61.5 Å². The molecular weight excluding hydrogens is 306 g/mol. The number of rotatable bonds is 6. The minimum Gasteiger partial charge on any atom is -0.484 e. The molecule has 0 saturated heterocycles. The molecule has 0 aliphatic rings. The number of amides is 1. The molecule has 1 heterocycles. The number of aromatic nitrogens is 4. The van der Waals surface area contributed by atoms with Crippen LogP contribution in [-0.2, 0) is 11.3 Å². The first-order valence-corrected chi connectivity index (χ1v) is 7.51. The van der Waals surface area contributed by atoms with Crippen LogP contribution in [0.1, 0.15) is 11.4 Å². The average Bonchev–Trinajstić information content (AvgIpc) is 3.09. The van der Waals surface area contributed by atoms with Crippen LogP contribution >= 0.6 is 0 Å². The second-order valence-electron chi connectivity index (χ2n) is 5.22. The van der Waals surface area contributed by atoms with Gasteiger partial charge in [-0.25, -0.2) is 0 Å². The summed E-state index contributed by atoms with van der Waals surface area (Å²) in [7, 11) is 0. The number of carbonyl (C=O) groups is 1. The minimum absolute atomic E-state index is 0.0596. The molecule has 0 unspecified atom stereocenters. The van der Waals surface area contributed by atoms with Crippen molar-refractivity contribution < 1.29 is 9.53 Å². The Bertz CT molecular complexity index is 799. The molecule has 3 rings (SSSR count). The van der Waals surface area contributed by atoms with Crippen molar-refractivity contribution in [1.82, 2.24) is 25.5 Å². The highest BCUT2D eigenvalue weighted by molar-refractivity contribution is 5.77. The van der Waals surface area contributed by atoms with Gasteiger partial charge in [0, 0.05) is 0 Å². The fraction of sp³-hybridized carbons (Fsp3) is 0.176. The number of benzene rings is 2. The van der Waals surface area contributed by atoms with E-state index in [0.29, 0.717) is 11.6 Å². The van der Waals surface area contributed by atoms with E-state index in [1.165, 1.54) is 0 Å². The SMILES string of the molecule is Cc1ccc(OCC(=O)NCc2nnnn2-c2ccccc2)cc1. The summed E-state index contributed by atoms with van der Waals surface area (Å²) in [6.07, 6.45) is 0. The Morgan fingerprint density at radius 3 is 2.62 bits per heavy atom. The summed E-state index contributed by atoms with van der Waals surface area (Å²) < 4.78 is 7.02. The maximum atomic E-state index is 11.9. The number of para-hydroxylation sites is 1. The first-order valence-electron chi connectivity index (χ1n) is 7.51. The third-order valence-corrected chi connectivity index (χ3v) is 3.37. The van der Waals surface area contributed by atoms with Crippen molar-refractivity contribution >= 4 is 5.91 Å². The number of nitrogens with zero attached hydrogens (tertiary/aromatic N) is 4. The van der Waals surface area contributed by atoms with E-state index in [-0.39, 0.29) is 19.1 Å². The van der Waals surface area contributed by atoms with E-state index in [0.717, 1.165) is 11.3 Å². The van der Waals surface area contributed by atoms with Crippen LogP contribution in [0.5, 0.6) is 5.75 Å². The van der Waals surface area contributed by atoms with Gasteiger partial charge in [0.1, 0.15) is 5.75 Å². The summed E-state index contributed by atoms with van der Waals surface area (Å²) in [6, 6.07) is 17.0. The highest BCUT2D eigenvalue weighted by Gasteiger charge is 2.10. The third-order valence-electron chi connectivity index (χ3n) is 3.37. The predicted octanol–water partition coefficient (Wildman–Crippen LogP) is 1.67. The number of tetrazole rings is 1. The number of hydrogen-bond acceptors (Lipinski definition) is 5. The second kappa shape index (κ2) is 7.36. The van der Waals surface area contributed by atoms with Crippen LogP contribution in [0.3, 0.4) is 0 Å². The van der Waals surface area contributed by atoms with Crippen molar-refractivity contribution in [3.05, 3.63) is 66.0 Å². The number of carbonyl (C=O) groups excluding carboxylic acids is 1. The molecule has 0 spiro atoms. The standard InChI is InChI=1S/C17H17N5O2/c1-13-7-9-15(10-8-13)24-12-17(23)18-11-16-19-20-21-22(16)14-5-3-2-4-6-14/h2-10H,11-12H2,1H3,(H,18,23). The number of ether oxygens (including phenoxy) is 1. The third kappa shape index (κ3) is 3.95. The van der Waals surface area contributed by atoms with Crippen LogP contribution in [0.15, 0.2) is 54.6 Å². The molecule has 1 amide bonds. The molecule has 24 heavy (non-hydrogen) atoms. The molecular formula is C17H17N5O2. The van der Waals surface area contributed by atoms with Gasteiger partial charge >= 0.3 is 0 Å². The Morgan fingerprint density at radius 2 is 1.88 bits per heavy atom. The Hall–Kier alpha value is -3.22. The molecule has 0 atom stereocenters. The van der Waals surface area contributed by atoms with Crippen molar-refractivity contribution in [3.8, 4) is 11.4 Å². The lowest BCUT2D eigenvalue weighted by Gasteiger charge is -2.08. The predicted molar refractivity (Wildman–Crippen MR) is 87.7 cm³/mol. The van der Waals surface area contributed by atoms with Crippen molar-refractivity contribution in [2.24, 2.45) is 0 Å². The molecule has 0 saturated carbocycles. The lowest BCUT2D eigenvalue weighted by Crippen LogP contribution is -2.29. The van der Waals surface area contributed by atoms with Gasteiger partial charge < -0.3 is 10.1 Å². The maximum Gasteiger partial charge on any atom is 0.258 e. The zero-order chi connectivity index (χ0) is 16.8. The van der Waals surface area contributed by atoms with Crippen LogP contribution in [0.2, 0.25) is 0 Å². The minimum atomic E-state index is -0.238. The van der Waals surface area contributed by atoms with Gasteiger partial charge in [-0.3, -0.25) is 4.79 Å². The smallest absolute Gasteiger partial charge is 0.258 e. The van der Waals surface area contributed by atoms with Gasteiger partial charge in [0.25, 0.3) is 5.91 Å². The van der Waals surface area contributed by atoms with Crippen LogP contribution in [0, 0.1) is 6.92 Å². The van der Waals surface area contributed by atoms with Gasteiger partial charge in [-0.1, -0.05) is 35.9 Å². The number of aryl methyl sites for hydroxylation is 1. The Kier molecular flexibility index (Phi) is 4.81. The largest absolute Gasteiger partial charge is 0.484 e. The van der Waals surface area contributed by atoms with Crippen molar-refractivity contribution in [2.45, 2.75) is 13.5 Å². The molecule has 0 fully saturated rings. The molecule has 0 aliphatic heterocycles. The van der Waals surface area contributed by atoms with Crippen LogP contribution in [0.4, 0.5) is 0 Å². The molecule has 0 bridgehead atoms. The van der Waals surface area contributed by atoms with Gasteiger partial charge in [0.05, 0.1) is 12.2 Å². The van der Waals surface area contributed by atoms with Crippen LogP contribution in [0.25, 0.3) is 5.69 Å². The molecule has 0 aliphatic carbocycles. The van der Waals surface area contributed by atoms with Crippen LogP contribution < -0.4 is 10.1 Å². The van der Waals surface area contributed by atoms with E-state index in [1.54, 1.807) is 4.68 Å². The van der Waals surface area contributed by atoms with Gasteiger partial charge in [0.15, 0.2) is 12.4 Å². The van der Waals surface area contributed by atoms with Gasteiger partial charge in [0.2, 0.25) is 0 Å². The molecule has 3 aromatic rings. The highest BCUT2D eigenvalue weighted by Crippen LogP contribution is 2.11. The molecule has 7 nitrogen and oxygen atoms in total. The normalized spacial score (nSPS) is 10.4. The zero-order valence-corrected chi connectivity index (χ0v) is 13.2. The van der Waals surface area contributed by atoms with Gasteiger partial charge in [-0.2, -0.15) is 4.68 Å². The lowest BCUT2D eigenvalue weighted by molar-refractivity contribution is -0.123. The molecule has 1 N–H and O–H groups in total. The van der Waals surface area contributed by atoms with Gasteiger partial charge in [-0.05, 0) is 41.6 Å². The van der Waals surface area contributed by atoms with E-state index in [2.05, 4.69) is 20.8 Å². The Balaban J connectivity index is 1.54. The number of nitrogens with one attached hydrogen (secondary N) is 1. The van der Waals surface area contributed by atoms with E-state index in [9.17, 15) is 4.79 Å². The number of hydrogen-bond donors (Lipinski definition) is 1. The Morgan fingerprint density at radius 1 is 1.12 bits per heavy atom. The second-order valence-corrected chi connectivity index (χ2v) is 5.22. The molecule has 122 valence electrons. The highest BCUT2D eigenvalue weighted by atomic mass is 16.5. The molecule has 7 heteroatoms. The van der Waals surface area contributed by atoms with E-state index < -0.39 is 0 Å². The zero-order valence-electron chi connectivity index (χ0n) is 13.2. The summed E-state index contributed by atoms with van der Waals surface area (Å²) in [5, 5.41) is 14.3. The van der Waals surface area contributed by atoms with Gasteiger partial charge in [-0.15, -0.1) is 5.10 Å². The van der Waals surface area contributed by atoms with E-state index in [4.69, 9.17) is 4.74 Å². The topological polar surface area (TPSA) is 81.9 Å². The molecule has 1 aromatic heterocycles. The van der Waals surface area contributed by atoms with Crippen molar-refractivity contribution in [1.29, 1.82) is 0 Å². The first-order chi connectivity index (χ1) is 11.7. The molecule has 0 radical (unpaired) electrons. The quantitative estimate of drug-likeness (QED) is 0.746. The molecule has 2 aromatic carbocycles. The first kappa shape index (κ1) is 15.7. The summed E-state index contributed by atoms with van der Waals surface area (Å²) in [5.41, 5.74) is 1.97. The summed E-state index contributed by atoms with van der Waals surface area (Å²) >= 11 is 0. The monoisotopic (exact) mass is 323 g/mol. The Labute approximate surface area is 139 Å². The average molecular weight is 323 g/mol. The summed E-state index contributed by atoms with van der Waals surface area (Å²) in [5.74, 6) is 0.966. The maximum absolute atomic E-state index is 11.9. The van der Waals surface area contributed by atoms with Crippen LogP contribution in [-0.4, -0.2) is 32.7 Å². The fourth-order valence-corrected chi connectivity index (χ4v) is 2.10. The van der Waals surface area contributed by atoms with Crippen molar-refractivity contribution in [2.75, 3.05) is 6.61 Å². The summed E-state index contributed by atoms with van der Waals surface area (Å²) in [6.45, 7) is 2.15. The van der Waals surface area contributed by atoms with Crippen molar-refractivity contribution in [3.63, 3.8) is 0 Å². The summed E-state index contributed by atoms with van der Waals surface area (Å²) in [4.78, 5) is 11.9.